The Labute approximate surface area is 124 Å². The lowest BCUT2D eigenvalue weighted by Gasteiger charge is -2.00. The highest BCUT2D eigenvalue weighted by Crippen LogP contribution is 2.33. The van der Waals surface area contributed by atoms with E-state index in [0.717, 1.165) is 6.07 Å². The summed E-state index contributed by atoms with van der Waals surface area (Å²) >= 11 is 4.28. The summed E-state index contributed by atoms with van der Waals surface area (Å²) in [4.78, 5) is 4.86. The molecule has 0 bridgehead atoms. The summed E-state index contributed by atoms with van der Waals surface area (Å²) in [6, 6.07) is 5.85. The molecule has 0 atom stereocenters. The summed E-state index contributed by atoms with van der Waals surface area (Å²) in [7, 11) is 0. The standard InChI is InChI=1S/C12H6BrF2N3OS/c13-9-5(1-2-6(14)10(9)15)11-17-12(19-18-11)7-3-4-8(16)20-7/h1-4H,16H2. The fourth-order valence-electron chi connectivity index (χ4n) is 1.60. The molecule has 0 saturated heterocycles. The SMILES string of the molecule is Nc1ccc(-c2nc(-c3ccc(F)c(F)c3Br)no2)s1. The van der Waals surface area contributed by atoms with Gasteiger partial charge in [0.1, 0.15) is 0 Å². The zero-order chi connectivity index (χ0) is 14.3. The second-order valence-electron chi connectivity index (χ2n) is 3.85. The number of nitrogens with zero attached hydrogens (tertiary/aromatic N) is 2. The number of thiophene rings is 1. The van der Waals surface area contributed by atoms with Gasteiger partial charge in [-0.05, 0) is 40.2 Å². The van der Waals surface area contributed by atoms with Crippen molar-refractivity contribution in [2.45, 2.75) is 0 Å². The average Bonchev–Trinajstić information content (AvgIpc) is 3.05. The molecule has 0 fully saturated rings. The lowest BCUT2D eigenvalue weighted by Crippen LogP contribution is -1.90. The lowest BCUT2D eigenvalue weighted by molar-refractivity contribution is 0.433. The second-order valence-corrected chi connectivity index (χ2v) is 5.76. The van der Waals surface area contributed by atoms with Gasteiger partial charge in [-0.1, -0.05) is 5.16 Å². The summed E-state index contributed by atoms with van der Waals surface area (Å²) in [5.74, 6) is -1.50. The monoisotopic (exact) mass is 357 g/mol. The van der Waals surface area contributed by atoms with Gasteiger partial charge in [-0.2, -0.15) is 4.98 Å². The molecule has 0 aliphatic heterocycles. The molecule has 0 aliphatic carbocycles. The van der Waals surface area contributed by atoms with Crippen LogP contribution in [0, 0.1) is 11.6 Å². The van der Waals surface area contributed by atoms with E-state index in [2.05, 4.69) is 26.1 Å². The van der Waals surface area contributed by atoms with E-state index in [1.165, 1.54) is 17.4 Å². The molecule has 1 aromatic carbocycles. The fraction of sp³-hybridized carbons (Fsp3) is 0. The molecule has 0 spiro atoms. The predicted octanol–water partition coefficient (Wildman–Crippen LogP) is 4.09. The van der Waals surface area contributed by atoms with Crippen molar-refractivity contribution in [3.63, 3.8) is 0 Å². The minimum Gasteiger partial charge on any atom is -0.391 e. The highest BCUT2D eigenvalue weighted by Gasteiger charge is 2.18. The van der Waals surface area contributed by atoms with Crippen LogP contribution in [0.25, 0.3) is 22.2 Å². The van der Waals surface area contributed by atoms with Crippen molar-refractivity contribution in [2.24, 2.45) is 0 Å². The van der Waals surface area contributed by atoms with Crippen LogP contribution in [0.2, 0.25) is 0 Å². The third-order valence-electron chi connectivity index (χ3n) is 2.54. The molecular formula is C12H6BrF2N3OS. The van der Waals surface area contributed by atoms with Crippen LogP contribution in [0.15, 0.2) is 33.3 Å². The van der Waals surface area contributed by atoms with E-state index in [-0.39, 0.29) is 16.2 Å². The van der Waals surface area contributed by atoms with Crippen molar-refractivity contribution < 1.29 is 13.3 Å². The largest absolute Gasteiger partial charge is 0.391 e. The summed E-state index contributed by atoms with van der Waals surface area (Å²) in [6.45, 7) is 0. The third-order valence-corrected chi connectivity index (χ3v) is 4.22. The van der Waals surface area contributed by atoms with Crippen LogP contribution in [0.3, 0.4) is 0 Å². The maximum absolute atomic E-state index is 13.5. The van der Waals surface area contributed by atoms with E-state index in [9.17, 15) is 8.78 Å². The van der Waals surface area contributed by atoms with Crippen LogP contribution in [-0.4, -0.2) is 10.1 Å². The molecule has 0 radical (unpaired) electrons. The number of hydrogen-bond acceptors (Lipinski definition) is 5. The van der Waals surface area contributed by atoms with E-state index in [4.69, 9.17) is 10.3 Å². The topological polar surface area (TPSA) is 64.9 Å². The number of halogens is 3. The molecule has 4 nitrogen and oxygen atoms in total. The summed E-state index contributed by atoms with van der Waals surface area (Å²) in [5.41, 5.74) is 5.93. The van der Waals surface area contributed by atoms with E-state index in [0.29, 0.717) is 15.4 Å². The van der Waals surface area contributed by atoms with Gasteiger partial charge in [0, 0.05) is 5.56 Å². The number of nitrogens with two attached hydrogens (primary N) is 1. The summed E-state index contributed by atoms with van der Waals surface area (Å²) < 4.78 is 31.6. The van der Waals surface area contributed by atoms with Gasteiger partial charge in [0.2, 0.25) is 5.82 Å². The molecule has 3 aromatic rings. The Morgan fingerprint density at radius 2 is 2.00 bits per heavy atom. The first kappa shape index (κ1) is 13.2. The Hall–Kier alpha value is -1.80. The minimum absolute atomic E-state index is 0.0458. The van der Waals surface area contributed by atoms with E-state index < -0.39 is 11.6 Å². The van der Waals surface area contributed by atoms with Crippen molar-refractivity contribution in [1.82, 2.24) is 10.1 Å². The molecule has 8 heteroatoms. The van der Waals surface area contributed by atoms with Gasteiger partial charge in [-0.15, -0.1) is 11.3 Å². The van der Waals surface area contributed by atoms with Gasteiger partial charge in [0.05, 0.1) is 14.4 Å². The van der Waals surface area contributed by atoms with E-state index in [1.807, 2.05) is 0 Å². The molecule has 2 heterocycles. The zero-order valence-electron chi connectivity index (χ0n) is 9.73. The summed E-state index contributed by atoms with van der Waals surface area (Å²) in [6.07, 6.45) is 0. The Morgan fingerprint density at radius 3 is 2.70 bits per heavy atom. The molecule has 3 rings (SSSR count). The van der Waals surface area contributed by atoms with Gasteiger partial charge in [0.25, 0.3) is 5.89 Å². The normalized spacial score (nSPS) is 10.9. The predicted molar refractivity (Wildman–Crippen MR) is 75.1 cm³/mol. The maximum Gasteiger partial charge on any atom is 0.268 e. The van der Waals surface area contributed by atoms with Crippen LogP contribution >= 0.6 is 27.3 Å². The highest BCUT2D eigenvalue weighted by atomic mass is 79.9. The molecule has 20 heavy (non-hydrogen) atoms. The van der Waals surface area contributed by atoms with Gasteiger partial charge >= 0.3 is 0 Å². The Morgan fingerprint density at radius 1 is 1.20 bits per heavy atom. The van der Waals surface area contributed by atoms with Gasteiger partial charge < -0.3 is 10.3 Å². The molecule has 0 unspecified atom stereocenters. The second kappa shape index (κ2) is 4.95. The molecule has 2 N–H and O–H groups in total. The van der Waals surface area contributed by atoms with Crippen molar-refractivity contribution in [3.8, 4) is 22.2 Å². The number of anilines is 1. The maximum atomic E-state index is 13.5. The van der Waals surface area contributed by atoms with Gasteiger partial charge in [0.15, 0.2) is 11.6 Å². The lowest BCUT2D eigenvalue weighted by atomic mass is 10.2. The van der Waals surface area contributed by atoms with E-state index >= 15 is 0 Å². The quantitative estimate of drug-likeness (QED) is 0.701. The minimum atomic E-state index is -0.991. The number of benzene rings is 1. The Kier molecular flexibility index (Phi) is 3.27. The molecule has 0 aliphatic rings. The average molecular weight is 358 g/mol. The molecule has 0 amide bonds. The van der Waals surface area contributed by atoms with Crippen molar-refractivity contribution in [3.05, 3.63) is 40.4 Å². The zero-order valence-corrected chi connectivity index (χ0v) is 12.1. The van der Waals surface area contributed by atoms with Crippen molar-refractivity contribution in [2.75, 3.05) is 5.73 Å². The number of rotatable bonds is 2. The van der Waals surface area contributed by atoms with Gasteiger partial charge in [-0.3, -0.25) is 0 Å². The number of nitrogen functional groups attached to an aromatic ring is 1. The Balaban J connectivity index is 2.04. The highest BCUT2D eigenvalue weighted by molar-refractivity contribution is 9.10. The molecule has 2 aromatic heterocycles. The van der Waals surface area contributed by atoms with Crippen LogP contribution in [-0.2, 0) is 0 Å². The van der Waals surface area contributed by atoms with Crippen LogP contribution in [0.1, 0.15) is 0 Å². The van der Waals surface area contributed by atoms with Crippen LogP contribution in [0.5, 0.6) is 0 Å². The first-order valence-corrected chi connectivity index (χ1v) is 7.00. The molecular weight excluding hydrogens is 352 g/mol. The van der Waals surface area contributed by atoms with Gasteiger partial charge in [-0.25, -0.2) is 8.78 Å². The van der Waals surface area contributed by atoms with Crippen molar-refractivity contribution in [1.29, 1.82) is 0 Å². The smallest absolute Gasteiger partial charge is 0.268 e. The fourth-order valence-corrected chi connectivity index (χ4v) is 2.79. The summed E-state index contributed by atoms with van der Waals surface area (Å²) in [5, 5.41) is 4.38. The number of aromatic nitrogens is 2. The van der Waals surface area contributed by atoms with Crippen LogP contribution < -0.4 is 5.73 Å². The first-order chi connectivity index (χ1) is 9.56. The molecule has 0 saturated carbocycles. The van der Waals surface area contributed by atoms with E-state index in [1.54, 1.807) is 12.1 Å². The van der Waals surface area contributed by atoms with Crippen molar-refractivity contribution >= 4 is 32.3 Å². The number of hydrogen-bond donors (Lipinski definition) is 1. The van der Waals surface area contributed by atoms with Crippen LogP contribution in [0.4, 0.5) is 13.8 Å². The first-order valence-electron chi connectivity index (χ1n) is 5.39. The third kappa shape index (κ3) is 2.20. The molecule has 102 valence electrons. The Bertz CT molecular complexity index is 787.